The first-order chi connectivity index (χ1) is 17.8. The molecule has 2 N–H and O–H groups in total. The van der Waals surface area contributed by atoms with Gasteiger partial charge in [0.05, 0.1) is 31.2 Å². The third-order valence-electron chi connectivity index (χ3n) is 7.52. The second kappa shape index (κ2) is 10.1. The maximum absolute atomic E-state index is 13.3. The smallest absolute Gasteiger partial charge is 0.304 e. The van der Waals surface area contributed by atoms with E-state index in [1.807, 2.05) is 35.7 Å². The van der Waals surface area contributed by atoms with Crippen LogP contribution in [0.1, 0.15) is 22.6 Å². The summed E-state index contributed by atoms with van der Waals surface area (Å²) in [4.78, 5) is 34.2. The lowest BCUT2D eigenvalue weighted by molar-refractivity contribution is -0.145. The Hall–Kier alpha value is -3.43. The van der Waals surface area contributed by atoms with Gasteiger partial charge in [-0.25, -0.2) is 4.98 Å². The topological polar surface area (TPSA) is 95.0 Å². The Bertz CT molecular complexity index is 1290. The van der Waals surface area contributed by atoms with Crippen LogP contribution in [0, 0.1) is 5.41 Å². The lowest BCUT2D eigenvalue weighted by atomic mass is 9.80. The number of amides is 1. The van der Waals surface area contributed by atoms with Crippen LogP contribution in [0.4, 0.5) is 5.69 Å². The predicted octanol–water partition coefficient (Wildman–Crippen LogP) is 3.45. The van der Waals surface area contributed by atoms with Gasteiger partial charge in [0.25, 0.3) is 0 Å². The number of carboxylic acid groups (broad SMARTS) is 1. The number of fused-ring (bicyclic) bond motifs is 1. The molecule has 5 rings (SSSR count). The second-order valence-corrected chi connectivity index (χ2v) is 11.1. The standard InChI is InChI=1S/C28H32N4O4S/c1-31(2)21-15-32(16-21)20-8-9-22(24(10-20)36-3)23-17-37-25(30-23)14-29-27(35)28(13-26(33)34)11-18-6-4-5-7-19(18)12-28/h4-10,17,21H,11-16H2,1-3H3,(H,29,35)(H,33,34). The van der Waals surface area contributed by atoms with E-state index in [4.69, 9.17) is 9.72 Å². The highest BCUT2D eigenvalue weighted by Gasteiger charge is 2.45. The highest BCUT2D eigenvalue weighted by molar-refractivity contribution is 7.09. The monoisotopic (exact) mass is 520 g/mol. The molecule has 37 heavy (non-hydrogen) atoms. The van der Waals surface area contributed by atoms with E-state index in [2.05, 4.69) is 41.3 Å². The molecule has 0 unspecified atom stereocenters. The van der Waals surface area contributed by atoms with Crippen LogP contribution in [0.3, 0.4) is 0 Å². The number of carbonyl (C=O) groups is 2. The Labute approximate surface area is 220 Å². The molecule has 194 valence electrons. The molecule has 0 atom stereocenters. The molecule has 8 nitrogen and oxygen atoms in total. The number of aliphatic carboxylic acids is 1. The lowest BCUT2D eigenvalue weighted by Gasteiger charge is -2.44. The van der Waals surface area contributed by atoms with Crippen LogP contribution in [-0.2, 0) is 29.0 Å². The van der Waals surface area contributed by atoms with Crippen LogP contribution in [0.2, 0.25) is 0 Å². The number of nitrogens with one attached hydrogen (secondary N) is 1. The van der Waals surface area contributed by atoms with Gasteiger partial charge in [0, 0.05) is 41.8 Å². The third kappa shape index (κ3) is 5.06. The summed E-state index contributed by atoms with van der Waals surface area (Å²) in [7, 11) is 5.87. The van der Waals surface area contributed by atoms with Gasteiger partial charge in [-0.3, -0.25) is 9.59 Å². The fourth-order valence-corrected chi connectivity index (χ4v) is 6.02. The normalized spacial score (nSPS) is 16.4. The first kappa shape index (κ1) is 25.2. The van der Waals surface area contributed by atoms with E-state index < -0.39 is 11.4 Å². The molecular weight excluding hydrogens is 488 g/mol. The molecule has 1 saturated heterocycles. The Morgan fingerprint density at radius 2 is 1.89 bits per heavy atom. The molecule has 1 fully saturated rings. The number of hydrogen-bond acceptors (Lipinski definition) is 7. The van der Waals surface area contributed by atoms with Gasteiger partial charge in [-0.05, 0) is 50.2 Å². The van der Waals surface area contributed by atoms with E-state index in [0.717, 1.165) is 51.9 Å². The number of rotatable bonds is 9. The molecule has 0 spiro atoms. The molecule has 0 radical (unpaired) electrons. The molecule has 1 amide bonds. The number of ether oxygens (including phenoxy) is 1. The number of thiazole rings is 1. The highest BCUT2D eigenvalue weighted by atomic mass is 32.1. The van der Waals surface area contributed by atoms with Crippen LogP contribution in [0.25, 0.3) is 11.3 Å². The first-order valence-corrected chi connectivity index (χ1v) is 13.3. The van der Waals surface area contributed by atoms with Crippen molar-refractivity contribution in [3.05, 3.63) is 64.0 Å². The van der Waals surface area contributed by atoms with Crippen LogP contribution in [0.5, 0.6) is 5.75 Å². The van der Waals surface area contributed by atoms with Gasteiger partial charge in [-0.2, -0.15) is 0 Å². The maximum Gasteiger partial charge on any atom is 0.304 e. The summed E-state index contributed by atoms with van der Waals surface area (Å²) in [5, 5.41) is 15.2. The summed E-state index contributed by atoms with van der Waals surface area (Å²) in [6.45, 7) is 2.23. The zero-order valence-corrected chi connectivity index (χ0v) is 22.2. The van der Waals surface area contributed by atoms with Gasteiger partial charge in [-0.1, -0.05) is 24.3 Å². The molecule has 0 saturated carbocycles. The van der Waals surface area contributed by atoms with Gasteiger partial charge in [0.15, 0.2) is 0 Å². The Morgan fingerprint density at radius 3 is 2.51 bits per heavy atom. The Kier molecular flexibility index (Phi) is 6.92. The van der Waals surface area contributed by atoms with Crippen LogP contribution >= 0.6 is 11.3 Å². The zero-order chi connectivity index (χ0) is 26.2. The number of aromatic nitrogens is 1. The van der Waals surface area contributed by atoms with E-state index in [-0.39, 0.29) is 18.9 Å². The second-order valence-electron chi connectivity index (χ2n) is 10.2. The van der Waals surface area contributed by atoms with E-state index in [0.29, 0.717) is 18.9 Å². The van der Waals surface area contributed by atoms with Crippen molar-refractivity contribution in [3.63, 3.8) is 0 Å². The minimum atomic E-state index is -0.975. The van der Waals surface area contributed by atoms with E-state index >= 15 is 0 Å². The van der Waals surface area contributed by atoms with Crippen molar-refractivity contribution < 1.29 is 19.4 Å². The van der Waals surface area contributed by atoms with Gasteiger partial charge in [0.2, 0.25) is 5.91 Å². The zero-order valence-electron chi connectivity index (χ0n) is 21.4. The summed E-state index contributed by atoms with van der Waals surface area (Å²) in [6, 6.07) is 14.5. The van der Waals surface area contributed by atoms with Crippen molar-refractivity contribution in [3.8, 4) is 17.0 Å². The number of benzene rings is 2. The summed E-state index contributed by atoms with van der Waals surface area (Å²) in [5.41, 5.74) is 3.93. The number of anilines is 1. The fraction of sp³-hybridized carbons (Fsp3) is 0.393. The maximum atomic E-state index is 13.3. The minimum Gasteiger partial charge on any atom is -0.496 e. The lowest BCUT2D eigenvalue weighted by Crippen LogP contribution is -2.57. The molecule has 0 bridgehead atoms. The van der Waals surface area contributed by atoms with Gasteiger partial charge in [0.1, 0.15) is 10.8 Å². The van der Waals surface area contributed by atoms with Crippen molar-refractivity contribution in [1.29, 1.82) is 0 Å². The molecular formula is C28H32N4O4S. The Morgan fingerprint density at radius 1 is 1.19 bits per heavy atom. The minimum absolute atomic E-state index is 0.202. The van der Waals surface area contributed by atoms with E-state index in [1.165, 1.54) is 11.3 Å². The number of hydrogen-bond donors (Lipinski definition) is 2. The first-order valence-electron chi connectivity index (χ1n) is 12.4. The predicted molar refractivity (Wildman–Crippen MR) is 144 cm³/mol. The molecule has 1 aliphatic heterocycles. The largest absolute Gasteiger partial charge is 0.496 e. The number of carbonyl (C=O) groups excluding carboxylic acids is 1. The molecule has 3 aromatic rings. The van der Waals surface area contributed by atoms with Crippen molar-refractivity contribution in [1.82, 2.24) is 15.2 Å². The average Bonchev–Trinajstić information content (AvgIpc) is 3.45. The number of carboxylic acids is 1. The van der Waals surface area contributed by atoms with Crippen LogP contribution in [0.15, 0.2) is 47.8 Å². The van der Waals surface area contributed by atoms with Crippen LogP contribution in [-0.4, -0.2) is 67.2 Å². The molecule has 2 aliphatic rings. The summed E-state index contributed by atoms with van der Waals surface area (Å²) < 4.78 is 5.69. The SMILES string of the molecule is COc1cc(N2CC(N(C)C)C2)ccc1-c1csc(CNC(=O)C2(CC(=O)O)Cc3ccccc3C2)n1. The molecule has 1 aliphatic carbocycles. The number of methoxy groups -OCH3 is 1. The molecule has 1 aromatic heterocycles. The molecule has 9 heteroatoms. The van der Waals surface area contributed by atoms with Crippen molar-refractivity contribution >= 4 is 28.9 Å². The van der Waals surface area contributed by atoms with Crippen molar-refractivity contribution in [2.45, 2.75) is 31.8 Å². The summed E-state index contributed by atoms with van der Waals surface area (Å²) in [5.74, 6) is -0.448. The third-order valence-corrected chi connectivity index (χ3v) is 8.37. The molecule has 2 aromatic carbocycles. The van der Waals surface area contributed by atoms with Crippen LogP contribution < -0.4 is 15.0 Å². The number of likely N-dealkylation sites (N-methyl/N-ethyl adjacent to an activating group) is 1. The average molecular weight is 521 g/mol. The number of nitrogens with zero attached hydrogens (tertiary/aromatic N) is 3. The summed E-state index contributed by atoms with van der Waals surface area (Å²) >= 11 is 1.46. The van der Waals surface area contributed by atoms with Gasteiger partial charge in [-0.15, -0.1) is 11.3 Å². The Balaban J connectivity index is 1.26. The van der Waals surface area contributed by atoms with Gasteiger partial charge < -0.3 is 25.0 Å². The van der Waals surface area contributed by atoms with Crippen molar-refractivity contribution in [2.24, 2.45) is 5.41 Å². The molecule has 2 heterocycles. The van der Waals surface area contributed by atoms with E-state index in [1.54, 1.807) is 7.11 Å². The van der Waals surface area contributed by atoms with E-state index in [9.17, 15) is 14.7 Å². The quantitative estimate of drug-likeness (QED) is 0.446. The summed E-state index contributed by atoms with van der Waals surface area (Å²) in [6.07, 6.45) is 0.660. The highest BCUT2D eigenvalue weighted by Crippen LogP contribution is 2.40. The van der Waals surface area contributed by atoms with Crippen molar-refractivity contribution in [2.75, 3.05) is 39.2 Å². The van der Waals surface area contributed by atoms with Gasteiger partial charge >= 0.3 is 5.97 Å². The fourth-order valence-electron chi connectivity index (χ4n) is 5.29.